The van der Waals surface area contributed by atoms with Gasteiger partial charge in [-0.3, -0.25) is 0 Å². The second-order valence-corrected chi connectivity index (χ2v) is 11.4. The Labute approximate surface area is 85.4 Å². The van der Waals surface area contributed by atoms with E-state index in [0.29, 0.717) is 15.8 Å². The van der Waals surface area contributed by atoms with Gasteiger partial charge in [-0.2, -0.15) is 0 Å². The van der Waals surface area contributed by atoms with Gasteiger partial charge >= 0.3 is 0 Å². The largest absolute Gasteiger partial charge is 0.0964 e. The van der Waals surface area contributed by atoms with Gasteiger partial charge < -0.3 is 0 Å². The predicted octanol–water partition coefficient (Wildman–Crippen LogP) is 4.27. The summed E-state index contributed by atoms with van der Waals surface area (Å²) in [7, 11) is 0.859. The Balaban J connectivity index is 1.99. The molecule has 0 bridgehead atoms. The number of hydrogen-bond acceptors (Lipinski definition) is 0. The van der Waals surface area contributed by atoms with E-state index < -0.39 is 0 Å². The molecule has 0 saturated carbocycles. The van der Waals surface area contributed by atoms with Crippen LogP contribution in [0, 0.1) is 0 Å². The maximum atomic E-state index is 2.60. The summed E-state index contributed by atoms with van der Waals surface area (Å²) in [6, 6.07) is 0. The van der Waals surface area contributed by atoms with E-state index in [0.717, 1.165) is 4.90 Å². The molecule has 0 aromatic heterocycles. The second-order valence-electron chi connectivity index (χ2n) is 4.88. The van der Waals surface area contributed by atoms with Crippen LogP contribution < -0.4 is 0 Å². The molecule has 2 saturated heterocycles. The van der Waals surface area contributed by atoms with Crippen molar-refractivity contribution in [1.82, 2.24) is 0 Å². The van der Waals surface area contributed by atoms with Crippen molar-refractivity contribution in [3.63, 3.8) is 0 Å². The highest BCUT2D eigenvalue weighted by Crippen LogP contribution is 2.70. The minimum absolute atomic E-state index is 0.429. The first-order valence-corrected chi connectivity index (χ1v) is 9.14. The van der Waals surface area contributed by atoms with Crippen LogP contribution in [-0.2, 0) is 0 Å². The van der Waals surface area contributed by atoms with E-state index in [9.17, 15) is 0 Å². The van der Waals surface area contributed by atoms with Crippen LogP contribution in [0.4, 0.5) is 0 Å². The van der Waals surface area contributed by atoms with Crippen molar-refractivity contribution in [2.24, 2.45) is 0 Å². The van der Waals surface area contributed by atoms with Crippen molar-refractivity contribution in [2.45, 2.75) is 44.4 Å². The zero-order chi connectivity index (χ0) is 9.31. The van der Waals surface area contributed by atoms with Crippen LogP contribution in [0.3, 0.4) is 0 Å². The molecule has 2 heteroatoms. The molecular formula is C11H22P2. The Morgan fingerprint density at radius 2 is 1.00 bits per heavy atom. The third kappa shape index (κ3) is 2.10. The van der Waals surface area contributed by atoms with Crippen LogP contribution >= 0.6 is 15.8 Å². The molecule has 13 heavy (non-hydrogen) atoms. The molecule has 2 rings (SSSR count). The van der Waals surface area contributed by atoms with Gasteiger partial charge in [0.05, 0.1) is 0 Å². The van der Waals surface area contributed by atoms with Crippen molar-refractivity contribution in [2.75, 3.05) is 24.6 Å². The first-order chi connectivity index (χ1) is 6.21. The Kier molecular flexibility index (Phi) is 3.32. The van der Waals surface area contributed by atoms with Crippen molar-refractivity contribution >= 4 is 15.8 Å². The molecule has 0 aromatic rings. The molecule has 2 aliphatic heterocycles. The molecule has 0 N–H and O–H groups in total. The summed E-state index contributed by atoms with van der Waals surface area (Å²) in [5.41, 5.74) is 0. The molecule has 2 fully saturated rings. The van der Waals surface area contributed by atoms with Gasteiger partial charge in [0.15, 0.2) is 0 Å². The van der Waals surface area contributed by atoms with Crippen LogP contribution in [0.5, 0.6) is 0 Å². The highest BCUT2D eigenvalue weighted by molar-refractivity contribution is 7.77. The summed E-state index contributed by atoms with van der Waals surface area (Å²) in [5.74, 6) is 0. The average molecular weight is 216 g/mol. The highest BCUT2D eigenvalue weighted by Gasteiger charge is 2.38. The highest BCUT2D eigenvalue weighted by atomic mass is 31.2. The van der Waals surface area contributed by atoms with Gasteiger partial charge in [0.1, 0.15) is 0 Å². The molecule has 0 radical (unpaired) electrons. The van der Waals surface area contributed by atoms with E-state index in [-0.39, 0.29) is 0 Å². The Hall–Kier alpha value is 0.860. The molecular weight excluding hydrogens is 194 g/mol. The summed E-state index contributed by atoms with van der Waals surface area (Å²) in [6.45, 7) is 5.20. The lowest BCUT2D eigenvalue weighted by molar-refractivity contribution is 0.949. The SMILES string of the molecule is CC(C)(P1CCCC1)P1CCCC1. The van der Waals surface area contributed by atoms with Gasteiger partial charge in [0.2, 0.25) is 0 Å². The molecule has 0 amide bonds. The Morgan fingerprint density at radius 1 is 0.692 bits per heavy atom. The predicted molar refractivity (Wildman–Crippen MR) is 65.9 cm³/mol. The van der Waals surface area contributed by atoms with Crippen LogP contribution in [0.15, 0.2) is 0 Å². The van der Waals surface area contributed by atoms with Crippen molar-refractivity contribution in [1.29, 1.82) is 0 Å². The standard InChI is InChI=1S/C11H22P2/c1-11(2,12-7-3-4-8-12)13-9-5-6-10-13/h3-10H2,1-2H3. The van der Waals surface area contributed by atoms with Crippen molar-refractivity contribution in [3.8, 4) is 0 Å². The second kappa shape index (κ2) is 4.16. The zero-order valence-electron chi connectivity index (χ0n) is 9.05. The fraction of sp³-hybridized carbons (Fsp3) is 1.00. The molecule has 76 valence electrons. The molecule has 0 unspecified atom stereocenters. The molecule has 0 spiro atoms. The lowest BCUT2D eigenvalue weighted by Gasteiger charge is -2.38. The van der Waals surface area contributed by atoms with Crippen LogP contribution in [0.25, 0.3) is 0 Å². The van der Waals surface area contributed by atoms with Crippen LogP contribution in [0.2, 0.25) is 0 Å². The van der Waals surface area contributed by atoms with E-state index in [1.54, 1.807) is 24.6 Å². The maximum Gasteiger partial charge on any atom is 0.00497 e. The smallest absolute Gasteiger partial charge is 0.00497 e. The fourth-order valence-corrected chi connectivity index (χ4v) is 10.6. The van der Waals surface area contributed by atoms with Crippen LogP contribution in [0.1, 0.15) is 39.5 Å². The first-order valence-electron chi connectivity index (χ1n) is 5.71. The van der Waals surface area contributed by atoms with Crippen molar-refractivity contribution in [3.05, 3.63) is 0 Å². The van der Waals surface area contributed by atoms with Crippen LogP contribution in [-0.4, -0.2) is 29.5 Å². The van der Waals surface area contributed by atoms with E-state index in [2.05, 4.69) is 13.8 Å². The Morgan fingerprint density at radius 3 is 1.31 bits per heavy atom. The summed E-state index contributed by atoms with van der Waals surface area (Å²) in [5, 5.41) is 0. The molecule has 0 atom stereocenters. The summed E-state index contributed by atoms with van der Waals surface area (Å²) in [4.78, 5) is 0.789. The van der Waals surface area contributed by atoms with Gasteiger partial charge in [-0.1, -0.05) is 29.7 Å². The number of hydrogen-bond donors (Lipinski definition) is 0. The normalized spacial score (nSPS) is 27.2. The average Bonchev–Trinajstić information content (AvgIpc) is 2.78. The monoisotopic (exact) mass is 216 g/mol. The maximum absolute atomic E-state index is 2.60. The summed E-state index contributed by atoms with van der Waals surface area (Å²) in [6.07, 6.45) is 12.6. The van der Waals surface area contributed by atoms with E-state index in [4.69, 9.17) is 0 Å². The third-order valence-corrected chi connectivity index (χ3v) is 12.0. The molecule has 0 aliphatic carbocycles. The van der Waals surface area contributed by atoms with Gasteiger partial charge in [-0.15, -0.1) is 0 Å². The number of rotatable bonds is 2. The van der Waals surface area contributed by atoms with E-state index in [1.165, 1.54) is 25.7 Å². The van der Waals surface area contributed by atoms with E-state index >= 15 is 0 Å². The van der Waals surface area contributed by atoms with Crippen molar-refractivity contribution < 1.29 is 0 Å². The summed E-state index contributed by atoms with van der Waals surface area (Å²) >= 11 is 0. The zero-order valence-corrected chi connectivity index (χ0v) is 10.8. The minimum atomic E-state index is 0.429. The summed E-state index contributed by atoms with van der Waals surface area (Å²) < 4.78 is 0. The first kappa shape index (κ1) is 10.4. The van der Waals surface area contributed by atoms with Gasteiger partial charge in [-0.05, 0) is 50.3 Å². The minimum Gasteiger partial charge on any atom is -0.0964 e. The fourth-order valence-electron chi connectivity index (χ4n) is 2.73. The molecule has 2 aliphatic rings. The topological polar surface area (TPSA) is 0 Å². The quantitative estimate of drug-likeness (QED) is 0.604. The molecule has 0 nitrogen and oxygen atoms in total. The van der Waals surface area contributed by atoms with Gasteiger partial charge in [-0.25, -0.2) is 0 Å². The lowest BCUT2D eigenvalue weighted by Crippen LogP contribution is -2.17. The van der Waals surface area contributed by atoms with Gasteiger partial charge in [0, 0.05) is 4.90 Å². The Bertz CT molecular complexity index is 147. The van der Waals surface area contributed by atoms with Gasteiger partial charge in [0.25, 0.3) is 0 Å². The molecule has 0 aromatic carbocycles. The molecule has 2 heterocycles. The lowest BCUT2D eigenvalue weighted by atomic mass is 10.4. The van der Waals surface area contributed by atoms with E-state index in [1.807, 2.05) is 0 Å². The third-order valence-electron chi connectivity index (χ3n) is 3.76.